The van der Waals surface area contributed by atoms with Crippen LogP contribution in [0.2, 0.25) is 0 Å². The Morgan fingerprint density at radius 1 is 1.14 bits per heavy atom. The maximum absolute atomic E-state index is 13.7. The van der Waals surface area contributed by atoms with Gasteiger partial charge in [0.25, 0.3) is 0 Å². The summed E-state index contributed by atoms with van der Waals surface area (Å²) in [6, 6.07) is 8.58. The van der Waals surface area contributed by atoms with Gasteiger partial charge < -0.3 is 29.5 Å². The lowest BCUT2D eigenvalue weighted by molar-refractivity contribution is -0.138. The van der Waals surface area contributed by atoms with E-state index in [0.717, 1.165) is 24.8 Å². The maximum Gasteiger partial charge on any atom is 0.248 e. The highest BCUT2D eigenvalue weighted by atomic mass is 79.9. The lowest BCUT2D eigenvalue weighted by Gasteiger charge is -2.27. The van der Waals surface area contributed by atoms with Gasteiger partial charge in [-0.15, -0.1) is 0 Å². The Balaban J connectivity index is 1.01. The number of fused-ring (bicyclic) bond motifs is 3. The van der Waals surface area contributed by atoms with Crippen molar-refractivity contribution in [1.29, 1.82) is 0 Å². The normalized spacial score (nSPS) is 30.3. The Morgan fingerprint density at radius 2 is 1.95 bits per heavy atom. The second kappa shape index (κ2) is 10.6. The monoisotopic (exact) mass is 665 g/mol. The van der Waals surface area contributed by atoms with Gasteiger partial charge in [-0.2, -0.15) is 5.10 Å². The molecule has 3 saturated heterocycles. The lowest BCUT2D eigenvalue weighted by Crippen LogP contribution is -2.47. The van der Waals surface area contributed by atoms with E-state index in [1.165, 1.54) is 11.6 Å². The number of aliphatic hydroxyl groups excluding tert-OH is 1. The van der Waals surface area contributed by atoms with Crippen LogP contribution >= 0.6 is 15.9 Å². The molecule has 3 aromatic rings. The first-order chi connectivity index (χ1) is 21.2. The van der Waals surface area contributed by atoms with Crippen molar-refractivity contribution in [2.75, 3.05) is 25.1 Å². The second-order valence-electron chi connectivity index (χ2n) is 12.5. The number of hydrogen-bond donors (Lipinski definition) is 2. The summed E-state index contributed by atoms with van der Waals surface area (Å²) in [5.74, 6) is 1.21. The number of halogens is 1. The number of pyridine rings is 1. The van der Waals surface area contributed by atoms with Crippen LogP contribution in [-0.2, 0) is 25.6 Å². The van der Waals surface area contributed by atoms with E-state index in [2.05, 4.69) is 31.3 Å². The van der Waals surface area contributed by atoms with Crippen molar-refractivity contribution in [3.8, 4) is 5.75 Å². The summed E-state index contributed by atoms with van der Waals surface area (Å²) in [4.78, 5) is 46.1. The smallest absolute Gasteiger partial charge is 0.248 e. The molecule has 7 atom stereocenters. The summed E-state index contributed by atoms with van der Waals surface area (Å²) in [7, 11) is 0. The van der Waals surface area contributed by atoms with Gasteiger partial charge in [-0.3, -0.25) is 19.1 Å². The van der Waals surface area contributed by atoms with Gasteiger partial charge in [-0.1, -0.05) is 6.07 Å². The van der Waals surface area contributed by atoms with E-state index >= 15 is 0 Å². The molecule has 12 nitrogen and oxygen atoms in total. The molecule has 13 heteroatoms. The van der Waals surface area contributed by atoms with Crippen LogP contribution in [-0.4, -0.2) is 92.6 Å². The number of hydrogen-bond acceptors (Lipinski definition) is 9. The molecule has 230 valence electrons. The SMILES string of the molecule is CC(=O)c1nn(CC(=O)N2C[C@H]3C[C@H]3[C@H]2C(=O)Nc2nc(Br)ccc2C2CC2)c2ccc(O[C@@H]3CO[C@H]4[C@@H]3OC[C@H]4O)cc12. The Morgan fingerprint density at radius 3 is 2.75 bits per heavy atom. The van der Waals surface area contributed by atoms with E-state index in [1.807, 2.05) is 12.1 Å². The number of carbonyl (C=O) groups excluding carboxylic acids is 3. The minimum Gasteiger partial charge on any atom is -0.485 e. The summed E-state index contributed by atoms with van der Waals surface area (Å²) in [6.45, 7) is 2.32. The fraction of sp³-hybridized carbons (Fsp3) is 0.516. The van der Waals surface area contributed by atoms with Crippen molar-refractivity contribution >= 4 is 50.2 Å². The molecular weight excluding hydrogens is 634 g/mol. The van der Waals surface area contributed by atoms with E-state index in [0.29, 0.717) is 45.5 Å². The van der Waals surface area contributed by atoms with Crippen LogP contribution in [0.1, 0.15) is 48.2 Å². The number of aromatic nitrogens is 3. The number of carbonyl (C=O) groups is 3. The number of rotatable bonds is 8. The van der Waals surface area contributed by atoms with Crippen LogP contribution in [0.3, 0.4) is 0 Å². The van der Waals surface area contributed by atoms with Gasteiger partial charge in [0.1, 0.15) is 52.8 Å². The van der Waals surface area contributed by atoms with Crippen LogP contribution in [0, 0.1) is 11.8 Å². The van der Waals surface area contributed by atoms with Crippen LogP contribution < -0.4 is 10.1 Å². The average molecular weight is 667 g/mol. The van der Waals surface area contributed by atoms with Crippen molar-refractivity contribution < 1.29 is 33.7 Å². The summed E-state index contributed by atoms with van der Waals surface area (Å²) in [5, 5.41) is 18.2. The number of nitrogens with one attached hydrogen (secondary N) is 1. The number of Topliss-reactive ketones (excluding diaryl/α,β-unsaturated/α-hetero) is 1. The molecule has 2 aromatic heterocycles. The van der Waals surface area contributed by atoms with Crippen molar-refractivity contribution in [2.45, 2.75) is 69.1 Å². The van der Waals surface area contributed by atoms with Gasteiger partial charge in [-0.05, 0) is 82.8 Å². The number of likely N-dealkylation sites (tertiary alicyclic amines) is 1. The number of anilines is 1. The fourth-order valence-electron chi connectivity index (χ4n) is 7.07. The minimum absolute atomic E-state index is 0.110. The largest absolute Gasteiger partial charge is 0.485 e. The molecule has 2 saturated carbocycles. The Hall–Kier alpha value is -3.39. The molecule has 2 N–H and O–H groups in total. The molecule has 0 bridgehead atoms. The first-order valence-corrected chi connectivity index (χ1v) is 15.9. The molecule has 2 aliphatic carbocycles. The van der Waals surface area contributed by atoms with Gasteiger partial charge in [0.05, 0.1) is 18.7 Å². The number of nitrogens with zero attached hydrogens (tertiary/aromatic N) is 4. The minimum atomic E-state index is -0.680. The Bertz CT molecular complexity index is 1690. The molecule has 0 radical (unpaired) electrons. The molecule has 8 rings (SSSR count). The van der Waals surface area contributed by atoms with Gasteiger partial charge in [0.15, 0.2) is 11.9 Å². The maximum atomic E-state index is 13.7. The van der Waals surface area contributed by atoms with Crippen LogP contribution in [0.15, 0.2) is 34.9 Å². The highest BCUT2D eigenvalue weighted by molar-refractivity contribution is 9.10. The molecule has 1 aromatic carbocycles. The zero-order valence-corrected chi connectivity index (χ0v) is 25.6. The van der Waals surface area contributed by atoms with Crippen molar-refractivity contribution in [2.24, 2.45) is 11.8 Å². The molecule has 44 heavy (non-hydrogen) atoms. The highest BCUT2D eigenvalue weighted by Crippen LogP contribution is 2.50. The number of benzene rings is 1. The molecule has 3 aliphatic heterocycles. The number of amides is 2. The van der Waals surface area contributed by atoms with Crippen molar-refractivity contribution in [1.82, 2.24) is 19.7 Å². The molecular formula is C31H32BrN5O7. The molecule has 5 heterocycles. The third kappa shape index (κ3) is 4.90. The lowest BCUT2D eigenvalue weighted by atomic mass is 10.1. The summed E-state index contributed by atoms with van der Waals surface area (Å²) >= 11 is 3.41. The zero-order chi connectivity index (χ0) is 30.3. The predicted octanol–water partition coefficient (Wildman–Crippen LogP) is 2.67. The first-order valence-electron chi connectivity index (χ1n) is 15.1. The predicted molar refractivity (Wildman–Crippen MR) is 159 cm³/mol. The van der Waals surface area contributed by atoms with Crippen molar-refractivity contribution in [3.63, 3.8) is 0 Å². The Labute approximate surface area is 261 Å². The van der Waals surface area contributed by atoms with Gasteiger partial charge >= 0.3 is 0 Å². The summed E-state index contributed by atoms with van der Waals surface area (Å²) in [6.07, 6.45) is 1.21. The molecule has 2 amide bonds. The van der Waals surface area contributed by atoms with E-state index < -0.39 is 24.4 Å². The molecule has 5 aliphatic rings. The van der Waals surface area contributed by atoms with E-state index in [9.17, 15) is 19.5 Å². The average Bonchev–Trinajstić information content (AvgIpc) is 3.81. The standard InChI is InChI=1S/C31H32BrN5O7/c1-14(38)26-20-9-17(44-23-13-43-28-22(39)12-42-29(23)28)4-6-21(20)37(35-26)11-25(40)36-10-16-8-19(16)27(36)31(41)34-30-18(15-2-3-15)5-7-24(32)33-30/h4-7,9,15-16,19,22-23,27-29,39H,2-3,8,10-13H2,1H3,(H,33,34,41)/t16-,19-,22-,23-,27+,28-,29-/m1/s1. The van der Waals surface area contributed by atoms with E-state index in [-0.39, 0.29) is 55.1 Å². The zero-order valence-electron chi connectivity index (χ0n) is 24.0. The Kier molecular flexibility index (Phi) is 6.78. The summed E-state index contributed by atoms with van der Waals surface area (Å²) in [5.41, 5.74) is 1.88. The van der Waals surface area contributed by atoms with Gasteiger partial charge in [0.2, 0.25) is 11.8 Å². The number of ether oxygens (including phenoxy) is 3. The second-order valence-corrected chi connectivity index (χ2v) is 13.4. The molecule has 5 fully saturated rings. The number of ketones is 1. The number of piperidine rings is 1. The fourth-order valence-corrected chi connectivity index (χ4v) is 7.38. The van der Waals surface area contributed by atoms with E-state index in [1.54, 1.807) is 23.1 Å². The van der Waals surface area contributed by atoms with Crippen molar-refractivity contribution in [3.05, 3.63) is 46.2 Å². The molecule has 0 unspecified atom stereocenters. The highest BCUT2D eigenvalue weighted by Gasteiger charge is 2.57. The van der Waals surface area contributed by atoms with E-state index in [4.69, 9.17) is 14.2 Å². The van der Waals surface area contributed by atoms with Crippen LogP contribution in [0.4, 0.5) is 5.82 Å². The topological polar surface area (TPSA) is 145 Å². The quantitative estimate of drug-likeness (QED) is 0.274. The number of aliphatic hydroxyl groups is 1. The van der Waals surface area contributed by atoms with Crippen LogP contribution in [0.25, 0.3) is 10.9 Å². The first kappa shape index (κ1) is 28.1. The third-order valence-electron chi connectivity index (χ3n) is 9.50. The molecule has 0 spiro atoms. The van der Waals surface area contributed by atoms with Gasteiger partial charge in [-0.25, -0.2) is 4.98 Å². The van der Waals surface area contributed by atoms with Gasteiger partial charge in [0, 0.05) is 18.9 Å². The third-order valence-corrected chi connectivity index (χ3v) is 9.94. The summed E-state index contributed by atoms with van der Waals surface area (Å²) < 4.78 is 19.7. The van der Waals surface area contributed by atoms with Crippen LogP contribution in [0.5, 0.6) is 5.75 Å².